The van der Waals surface area contributed by atoms with E-state index in [9.17, 15) is 26.3 Å². The van der Waals surface area contributed by atoms with E-state index < -0.39 is 23.5 Å². The summed E-state index contributed by atoms with van der Waals surface area (Å²) < 4.78 is 76.7. The summed E-state index contributed by atoms with van der Waals surface area (Å²) in [6.45, 7) is 3.68. The smallest absolute Gasteiger partial charge is 0.352 e. The molecule has 0 aromatic heterocycles. The average molecular weight is 681 g/mol. The third kappa shape index (κ3) is 10.1. The van der Waals surface area contributed by atoms with Crippen LogP contribution in [0.3, 0.4) is 0 Å². The maximum Gasteiger partial charge on any atom is 0.416 e. The molecule has 2 heterocycles. The van der Waals surface area contributed by atoms with E-state index in [4.69, 9.17) is 0 Å². The summed E-state index contributed by atoms with van der Waals surface area (Å²) in [7, 11) is 0. The fourth-order valence-electron chi connectivity index (χ4n) is 4.82. The summed E-state index contributed by atoms with van der Waals surface area (Å²) in [5.41, 5.74) is 2.86. The van der Waals surface area contributed by atoms with Gasteiger partial charge in [-0.1, -0.05) is 72.1 Å². The second-order valence-electron chi connectivity index (χ2n) is 10.9. The van der Waals surface area contributed by atoms with Gasteiger partial charge in [0.05, 0.1) is 37.8 Å². The maximum absolute atomic E-state index is 12.8. The van der Waals surface area contributed by atoms with E-state index in [2.05, 4.69) is 42.6 Å². The number of rotatable bonds is 10. The molecule has 2 N–H and O–H groups in total. The van der Waals surface area contributed by atoms with E-state index >= 15 is 0 Å². The number of hydrogen-bond donors (Lipinski definition) is 2. The Hall–Kier alpha value is -3.20. The molecule has 6 nitrogen and oxygen atoms in total. The molecular weight excluding hydrogens is 647 g/mol. The van der Waals surface area contributed by atoms with Crippen LogP contribution in [0, 0.1) is 0 Å². The predicted molar refractivity (Wildman–Crippen MR) is 173 cm³/mol. The van der Waals surface area contributed by atoms with Crippen LogP contribution in [0.4, 0.5) is 26.3 Å². The lowest BCUT2D eigenvalue weighted by Crippen LogP contribution is -2.42. The minimum Gasteiger partial charge on any atom is -0.352 e. The molecule has 0 unspecified atom stereocenters. The summed E-state index contributed by atoms with van der Waals surface area (Å²) >= 11 is 3.28. The molecule has 246 valence electrons. The number of nitrogens with zero attached hydrogens (tertiary/aromatic N) is 4. The summed E-state index contributed by atoms with van der Waals surface area (Å²) in [5, 5.41) is 8.42. The third-order valence-corrected chi connectivity index (χ3v) is 9.58. The van der Waals surface area contributed by atoms with E-state index in [0.29, 0.717) is 52.6 Å². The minimum atomic E-state index is -4.32. The highest BCUT2D eigenvalue weighted by molar-refractivity contribution is 8.13. The largest absolute Gasteiger partial charge is 0.416 e. The van der Waals surface area contributed by atoms with Crippen molar-refractivity contribution in [1.82, 2.24) is 20.4 Å². The van der Waals surface area contributed by atoms with Gasteiger partial charge >= 0.3 is 12.4 Å². The molecule has 0 amide bonds. The van der Waals surface area contributed by atoms with E-state index in [1.165, 1.54) is 35.4 Å². The van der Waals surface area contributed by atoms with Gasteiger partial charge in [-0.15, -0.1) is 0 Å². The first-order chi connectivity index (χ1) is 22.0. The van der Waals surface area contributed by atoms with Gasteiger partial charge in [-0.2, -0.15) is 26.3 Å². The number of halogens is 6. The topological polar surface area (TPSA) is 55.3 Å². The van der Waals surface area contributed by atoms with E-state index in [1.54, 1.807) is 23.5 Å². The van der Waals surface area contributed by atoms with Crippen LogP contribution >= 0.6 is 23.5 Å². The first-order valence-corrected chi connectivity index (χ1v) is 16.7. The van der Waals surface area contributed by atoms with Crippen molar-refractivity contribution in [3.8, 4) is 0 Å². The Bertz CT molecular complexity index is 1380. The van der Waals surface area contributed by atoms with E-state index in [1.807, 2.05) is 12.1 Å². The van der Waals surface area contributed by atoms with Crippen molar-refractivity contribution in [2.75, 3.05) is 39.8 Å². The SMILES string of the molecule is FC(F)(F)c1ccc(CCN2CN=C(SCc3ccccc3CSC3=NCN(CCc4ccc(C(F)(F)F)cc4)CN3)NC2)cc1. The van der Waals surface area contributed by atoms with Crippen LogP contribution in [0.15, 0.2) is 82.8 Å². The van der Waals surface area contributed by atoms with Gasteiger partial charge in [0.25, 0.3) is 0 Å². The molecule has 0 saturated heterocycles. The van der Waals surface area contributed by atoms with Gasteiger partial charge in [0, 0.05) is 24.6 Å². The predicted octanol–water partition coefficient (Wildman–Crippen LogP) is 7.03. The van der Waals surface area contributed by atoms with Gasteiger partial charge in [-0.05, 0) is 59.4 Å². The Morgan fingerprint density at radius 3 is 1.30 bits per heavy atom. The number of aliphatic imine (C=N–C) groups is 2. The average Bonchev–Trinajstić information content (AvgIpc) is 3.05. The van der Waals surface area contributed by atoms with Crippen molar-refractivity contribution in [3.63, 3.8) is 0 Å². The fourth-order valence-corrected chi connectivity index (χ4v) is 6.60. The first kappa shape index (κ1) is 34.1. The Morgan fingerprint density at radius 2 is 0.978 bits per heavy atom. The molecule has 0 spiro atoms. The minimum absolute atomic E-state index is 0.528. The lowest BCUT2D eigenvalue weighted by molar-refractivity contribution is -0.138. The van der Waals surface area contributed by atoms with Crippen molar-refractivity contribution < 1.29 is 26.3 Å². The molecule has 2 aliphatic rings. The number of benzene rings is 3. The van der Waals surface area contributed by atoms with E-state index in [-0.39, 0.29) is 0 Å². The Labute approximate surface area is 272 Å². The molecule has 3 aromatic rings. The van der Waals surface area contributed by atoms with Crippen LogP contribution < -0.4 is 10.6 Å². The van der Waals surface area contributed by atoms with Crippen molar-refractivity contribution in [2.45, 2.75) is 36.7 Å². The van der Waals surface area contributed by atoms with Gasteiger partial charge in [0.15, 0.2) is 10.3 Å². The quantitative estimate of drug-likeness (QED) is 0.225. The van der Waals surface area contributed by atoms with Crippen LogP contribution in [0.25, 0.3) is 0 Å². The standard InChI is InChI=1S/C32H34F6N6S2/c33-31(34,35)27-9-5-23(6-10-27)13-15-43-19-39-29(40-20-43)45-17-25-3-1-2-4-26(25)18-46-30-41-21-44(22-42-30)16-14-24-7-11-28(12-8-24)32(36,37)38/h1-12H,13-22H2,(H,39,40)(H,41,42). The van der Waals surface area contributed by atoms with Crippen LogP contribution in [0.2, 0.25) is 0 Å². The molecule has 14 heteroatoms. The van der Waals surface area contributed by atoms with Crippen molar-refractivity contribution >= 4 is 33.9 Å². The highest BCUT2D eigenvalue weighted by Crippen LogP contribution is 2.30. The van der Waals surface area contributed by atoms with Crippen LogP contribution in [0.1, 0.15) is 33.4 Å². The molecule has 0 aliphatic carbocycles. The fraction of sp³-hybridized carbons (Fsp3) is 0.375. The second-order valence-corrected chi connectivity index (χ2v) is 12.8. The Kier molecular flexibility index (Phi) is 11.6. The molecule has 46 heavy (non-hydrogen) atoms. The zero-order chi connectivity index (χ0) is 32.6. The zero-order valence-electron chi connectivity index (χ0n) is 24.9. The van der Waals surface area contributed by atoms with Crippen LogP contribution in [0.5, 0.6) is 0 Å². The van der Waals surface area contributed by atoms with Crippen molar-refractivity contribution in [1.29, 1.82) is 0 Å². The van der Waals surface area contributed by atoms with Gasteiger partial charge in [0.2, 0.25) is 0 Å². The number of nitrogens with one attached hydrogen (secondary N) is 2. The molecule has 5 rings (SSSR count). The monoisotopic (exact) mass is 680 g/mol. The summed E-state index contributed by atoms with van der Waals surface area (Å²) in [5.74, 6) is 1.51. The number of amidine groups is 2. The normalized spacial score (nSPS) is 16.4. The Balaban J connectivity index is 1.02. The molecular formula is C32H34F6N6S2. The number of alkyl halides is 6. The van der Waals surface area contributed by atoms with Gasteiger partial charge in [-0.25, -0.2) is 9.98 Å². The summed E-state index contributed by atoms with van der Waals surface area (Å²) in [6.07, 6.45) is -7.36. The van der Waals surface area contributed by atoms with Crippen LogP contribution in [-0.4, -0.2) is 59.9 Å². The van der Waals surface area contributed by atoms with Gasteiger partial charge in [0.1, 0.15) is 0 Å². The molecule has 3 aromatic carbocycles. The molecule has 2 aliphatic heterocycles. The molecule has 0 saturated carbocycles. The van der Waals surface area contributed by atoms with E-state index in [0.717, 1.165) is 57.2 Å². The maximum atomic E-state index is 12.8. The van der Waals surface area contributed by atoms with Crippen LogP contribution in [-0.2, 0) is 36.7 Å². The molecule has 0 fully saturated rings. The number of hydrogen-bond acceptors (Lipinski definition) is 8. The van der Waals surface area contributed by atoms with Gasteiger partial charge in [-0.3, -0.25) is 9.80 Å². The lowest BCUT2D eigenvalue weighted by Gasteiger charge is -2.27. The summed E-state index contributed by atoms with van der Waals surface area (Å²) in [6, 6.07) is 18.9. The molecule has 0 bridgehead atoms. The number of thioether (sulfide) groups is 2. The van der Waals surface area contributed by atoms with Gasteiger partial charge < -0.3 is 10.6 Å². The zero-order valence-corrected chi connectivity index (χ0v) is 26.5. The second kappa shape index (κ2) is 15.6. The third-order valence-electron chi connectivity index (χ3n) is 7.58. The lowest BCUT2D eigenvalue weighted by atomic mass is 10.1. The van der Waals surface area contributed by atoms with Crippen molar-refractivity contribution in [3.05, 3.63) is 106 Å². The highest BCUT2D eigenvalue weighted by atomic mass is 32.2. The van der Waals surface area contributed by atoms with Crippen molar-refractivity contribution in [2.24, 2.45) is 9.98 Å². The first-order valence-electron chi connectivity index (χ1n) is 14.7. The highest BCUT2D eigenvalue weighted by Gasteiger charge is 2.30. The Morgan fingerprint density at radius 1 is 0.587 bits per heavy atom. The summed E-state index contributed by atoms with van der Waals surface area (Å²) in [4.78, 5) is 13.5. The molecule has 0 atom stereocenters. The molecule has 0 radical (unpaired) electrons.